The summed E-state index contributed by atoms with van der Waals surface area (Å²) in [4.78, 5) is 33.5. The molecule has 0 unspecified atom stereocenters. The Bertz CT molecular complexity index is 548. The number of ether oxygens (including phenoxy) is 4. The molecule has 0 spiro atoms. The molecule has 0 aliphatic carbocycles. The van der Waals surface area contributed by atoms with Gasteiger partial charge < -0.3 is 18.9 Å². The summed E-state index contributed by atoms with van der Waals surface area (Å²) in [6.45, 7) is 3.65. The molecule has 0 bridgehead atoms. The Morgan fingerprint density at radius 3 is 2.22 bits per heavy atom. The van der Waals surface area contributed by atoms with Crippen molar-refractivity contribution in [1.82, 2.24) is 0 Å². The van der Waals surface area contributed by atoms with Crippen LogP contribution in [0.4, 0.5) is 4.79 Å². The Hall–Kier alpha value is -2.83. The van der Waals surface area contributed by atoms with Crippen LogP contribution in [0.3, 0.4) is 0 Å². The van der Waals surface area contributed by atoms with Gasteiger partial charge in [0.1, 0.15) is 5.75 Å². The molecule has 0 saturated carbocycles. The molecule has 23 heavy (non-hydrogen) atoms. The van der Waals surface area contributed by atoms with Gasteiger partial charge >= 0.3 is 18.1 Å². The Morgan fingerprint density at radius 1 is 1.04 bits per heavy atom. The first-order chi connectivity index (χ1) is 11.1. The first kappa shape index (κ1) is 18.2. The quantitative estimate of drug-likeness (QED) is 0.239. The fourth-order valence-electron chi connectivity index (χ4n) is 1.49. The minimum absolute atomic E-state index is 0.144. The van der Waals surface area contributed by atoms with E-state index in [0.29, 0.717) is 18.4 Å². The number of methoxy groups -OCH3 is 1. The molecule has 0 aromatic heterocycles. The maximum absolute atomic E-state index is 11.4. The summed E-state index contributed by atoms with van der Waals surface area (Å²) in [6.07, 6.45) is 1.32. The van der Waals surface area contributed by atoms with Crippen molar-refractivity contribution < 1.29 is 33.3 Å². The molecule has 1 rings (SSSR count). The Morgan fingerprint density at radius 2 is 1.65 bits per heavy atom. The van der Waals surface area contributed by atoms with Crippen molar-refractivity contribution in [3.63, 3.8) is 0 Å². The van der Waals surface area contributed by atoms with Gasteiger partial charge in [0.15, 0.2) is 0 Å². The van der Waals surface area contributed by atoms with Crippen LogP contribution >= 0.6 is 0 Å². The molecule has 0 aliphatic rings. The number of carbonyl (C=O) groups excluding carboxylic acids is 3. The third-order valence-corrected chi connectivity index (χ3v) is 2.65. The molecule has 0 aliphatic heterocycles. The summed E-state index contributed by atoms with van der Waals surface area (Å²) >= 11 is 0. The second kappa shape index (κ2) is 9.99. The third kappa shape index (κ3) is 7.12. The van der Waals surface area contributed by atoms with E-state index >= 15 is 0 Å². The predicted molar refractivity (Wildman–Crippen MR) is 80.1 cm³/mol. The van der Waals surface area contributed by atoms with Crippen LogP contribution < -0.4 is 4.74 Å². The van der Waals surface area contributed by atoms with Crippen molar-refractivity contribution in [2.24, 2.45) is 0 Å². The van der Waals surface area contributed by atoms with E-state index in [1.807, 2.05) is 0 Å². The van der Waals surface area contributed by atoms with Gasteiger partial charge in [0.25, 0.3) is 0 Å². The van der Waals surface area contributed by atoms with Crippen molar-refractivity contribution in [3.8, 4) is 5.75 Å². The van der Waals surface area contributed by atoms with Crippen molar-refractivity contribution >= 4 is 18.1 Å². The van der Waals surface area contributed by atoms with Crippen LogP contribution in [-0.2, 0) is 19.0 Å². The first-order valence-electron chi connectivity index (χ1n) is 6.89. The topological polar surface area (TPSA) is 88.1 Å². The Balaban J connectivity index is 2.22. The number of hydrogen-bond acceptors (Lipinski definition) is 7. The number of hydrogen-bond donors (Lipinski definition) is 0. The molecule has 0 heterocycles. The van der Waals surface area contributed by atoms with E-state index < -0.39 is 18.1 Å². The van der Waals surface area contributed by atoms with Gasteiger partial charge in [-0.25, -0.2) is 14.4 Å². The maximum atomic E-state index is 11.4. The second-order valence-corrected chi connectivity index (χ2v) is 4.30. The van der Waals surface area contributed by atoms with Gasteiger partial charge in [-0.2, -0.15) is 0 Å². The lowest BCUT2D eigenvalue weighted by atomic mass is 10.2. The SMILES string of the molecule is C=CC(=O)OCCCCOC(=O)Oc1ccc(C(=O)OC)cc1. The van der Waals surface area contributed by atoms with Crippen molar-refractivity contribution in [1.29, 1.82) is 0 Å². The van der Waals surface area contributed by atoms with E-state index in [2.05, 4.69) is 11.3 Å². The molecule has 0 atom stereocenters. The molecule has 0 N–H and O–H groups in total. The number of unbranched alkanes of at least 4 members (excludes halogenated alkanes) is 1. The zero-order chi connectivity index (χ0) is 17.1. The van der Waals surface area contributed by atoms with Crippen LogP contribution in [0.1, 0.15) is 23.2 Å². The zero-order valence-corrected chi connectivity index (χ0v) is 12.8. The standard InChI is InChI=1S/C16H18O7/c1-3-14(17)21-10-4-5-11-22-16(19)23-13-8-6-12(7-9-13)15(18)20-2/h3,6-9H,1,4-5,10-11H2,2H3. The summed E-state index contributed by atoms with van der Waals surface area (Å²) in [5.74, 6) is -0.709. The summed E-state index contributed by atoms with van der Waals surface area (Å²) in [5.41, 5.74) is 0.349. The average molecular weight is 322 g/mol. The molecule has 7 heteroatoms. The van der Waals surface area contributed by atoms with Crippen molar-refractivity contribution in [3.05, 3.63) is 42.5 Å². The molecular formula is C16H18O7. The molecular weight excluding hydrogens is 304 g/mol. The van der Waals surface area contributed by atoms with Crippen LogP contribution in [0.2, 0.25) is 0 Å². The minimum atomic E-state index is -0.848. The fourth-order valence-corrected chi connectivity index (χ4v) is 1.49. The first-order valence-corrected chi connectivity index (χ1v) is 6.89. The number of rotatable bonds is 8. The highest BCUT2D eigenvalue weighted by Crippen LogP contribution is 2.13. The van der Waals surface area contributed by atoms with Gasteiger partial charge in [-0.1, -0.05) is 6.58 Å². The highest BCUT2D eigenvalue weighted by atomic mass is 16.7. The van der Waals surface area contributed by atoms with Gasteiger partial charge in [0, 0.05) is 6.08 Å². The number of benzene rings is 1. The molecule has 0 saturated heterocycles. The van der Waals surface area contributed by atoms with Crippen LogP contribution in [0.25, 0.3) is 0 Å². The Labute approximate surface area is 133 Å². The van der Waals surface area contributed by atoms with E-state index in [9.17, 15) is 14.4 Å². The summed E-state index contributed by atoms with van der Waals surface area (Å²) in [7, 11) is 1.28. The number of esters is 2. The smallest absolute Gasteiger partial charge is 0.465 e. The lowest BCUT2D eigenvalue weighted by Gasteiger charge is -2.06. The monoisotopic (exact) mass is 322 g/mol. The van der Waals surface area contributed by atoms with Crippen molar-refractivity contribution in [2.45, 2.75) is 12.8 Å². The second-order valence-electron chi connectivity index (χ2n) is 4.30. The van der Waals surface area contributed by atoms with E-state index in [0.717, 1.165) is 6.08 Å². The van der Waals surface area contributed by atoms with Crippen molar-refractivity contribution in [2.75, 3.05) is 20.3 Å². The van der Waals surface area contributed by atoms with Crippen LogP contribution in [0.15, 0.2) is 36.9 Å². The number of carbonyl (C=O) groups is 3. The third-order valence-electron chi connectivity index (χ3n) is 2.65. The lowest BCUT2D eigenvalue weighted by molar-refractivity contribution is -0.137. The maximum Gasteiger partial charge on any atom is 0.513 e. The normalized spacial score (nSPS) is 9.61. The molecule has 0 radical (unpaired) electrons. The van der Waals surface area contributed by atoms with Gasteiger partial charge in [-0.15, -0.1) is 0 Å². The zero-order valence-electron chi connectivity index (χ0n) is 12.8. The largest absolute Gasteiger partial charge is 0.513 e. The molecule has 1 aromatic rings. The predicted octanol–water partition coefficient (Wildman–Crippen LogP) is 2.50. The average Bonchev–Trinajstić information content (AvgIpc) is 2.57. The van der Waals surface area contributed by atoms with Crippen LogP contribution in [0.5, 0.6) is 5.75 Å². The van der Waals surface area contributed by atoms with Gasteiger partial charge in [0.2, 0.25) is 0 Å². The van der Waals surface area contributed by atoms with Gasteiger partial charge in [-0.05, 0) is 37.1 Å². The van der Waals surface area contributed by atoms with Gasteiger partial charge in [0.05, 0.1) is 25.9 Å². The van der Waals surface area contributed by atoms with Crippen LogP contribution in [0, 0.1) is 0 Å². The molecule has 0 amide bonds. The highest BCUT2D eigenvalue weighted by molar-refractivity contribution is 5.89. The summed E-state index contributed by atoms with van der Waals surface area (Å²) in [5, 5.41) is 0. The molecule has 0 fully saturated rings. The summed E-state index contributed by atoms with van der Waals surface area (Å²) < 4.78 is 19.1. The van der Waals surface area contributed by atoms with E-state index in [4.69, 9.17) is 14.2 Å². The summed E-state index contributed by atoms with van der Waals surface area (Å²) in [6, 6.07) is 5.87. The van der Waals surface area contributed by atoms with E-state index in [1.54, 1.807) is 0 Å². The molecule has 7 nitrogen and oxygen atoms in total. The van der Waals surface area contributed by atoms with E-state index in [-0.39, 0.29) is 19.0 Å². The highest BCUT2D eigenvalue weighted by Gasteiger charge is 2.08. The Kier molecular flexibility index (Phi) is 7.91. The van der Waals surface area contributed by atoms with E-state index in [1.165, 1.54) is 31.4 Å². The fraction of sp³-hybridized carbons (Fsp3) is 0.312. The molecule has 1 aromatic carbocycles. The minimum Gasteiger partial charge on any atom is -0.465 e. The van der Waals surface area contributed by atoms with Gasteiger partial charge in [-0.3, -0.25) is 0 Å². The molecule has 124 valence electrons. The lowest BCUT2D eigenvalue weighted by Crippen LogP contribution is -2.12. The van der Waals surface area contributed by atoms with Crippen LogP contribution in [-0.4, -0.2) is 38.4 Å².